The van der Waals surface area contributed by atoms with Gasteiger partial charge < -0.3 is 15.4 Å². The van der Waals surface area contributed by atoms with Gasteiger partial charge >= 0.3 is 0 Å². The molecule has 0 aromatic heterocycles. The van der Waals surface area contributed by atoms with Crippen molar-refractivity contribution in [2.75, 3.05) is 32.8 Å². The zero-order valence-corrected chi connectivity index (χ0v) is 19.6. The van der Waals surface area contributed by atoms with Gasteiger partial charge in [0.1, 0.15) is 0 Å². The number of nitrogens with one attached hydrogen (secondary N) is 2. The van der Waals surface area contributed by atoms with Crippen molar-refractivity contribution in [1.82, 2.24) is 15.5 Å². The average molecular weight is 514 g/mol. The van der Waals surface area contributed by atoms with Crippen LogP contribution in [0.4, 0.5) is 8.78 Å². The van der Waals surface area contributed by atoms with E-state index >= 15 is 0 Å². The third-order valence-corrected chi connectivity index (χ3v) is 6.64. The average Bonchev–Trinajstić information content (AvgIpc) is 3.15. The number of alkyl halides is 2. The van der Waals surface area contributed by atoms with Crippen molar-refractivity contribution in [3.8, 4) is 0 Å². The molecule has 1 aliphatic heterocycles. The Balaban J connectivity index is 0.00000280. The molecule has 5 nitrogen and oxygen atoms in total. The number of hydrogen-bond donors (Lipinski definition) is 2. The monoisotopic (exact) mass is 514 g/mol. The molecule has 0 aromatic carbocycles. The lowest BCUT2D eigenvalue weighted by Crippen LogP contribution is -2.65. The molecular weight excluding hydrogens is 477 g/mol. The van der Waals surface area contributed by atoms with Crippen LogP contribution in [-0.4, -0.2) is 68.3 Å². The molecule has 28 heavy (non-hydrogen) atoms. The largest absolute Gasteiger partial charge is 0.378 e. The van der Waals surface area contributed by atoms with Crippen LogP contribution in [0.25, 0.3) is 0 Å². The summed E-state index contributed by atoms with van der Waals surface area (Å²) in [5.74, 6) is 0.885. The van der Waals surface area contributed by atoms with Crippen molar-refractivity contribution in [3.63, 3.8) is 0 Å². The number of nitrogens with zero attached hydrogens (tertiary/aromatic N) is 2. The quantitative estimate of drug-likeness (QED) is 0.310. The van der Waals surface area contributed by atoms with E-state index in [1.54, 1.807) is 0 Å². The van der Waals surface area contributed by atoms with Crippen molar-refractivity contribution in [3.05, 3.63) is 0 Å². The maximum absolute atomic E-state index is 12.6. The Morgan fingerprint density at radius 2 is 1.86 bits per heavy atom. The first kappa shape index (κ1) is 24.1. The first-order chi connectivity index (χ1) is 13.1. The first-order valence-electron chi connectivity index (χ1n) is 10.8. The number of guanidine groups is 1. The maximum Gasteiger partial charge on any atom is 0.251 e. The fourth-order valence-electron chi connectivity index (χ4n) is 5.19. The topological polar surface area (TPSA) is 48.9 Å². The molecule has 2 unspecified atom stereocenters. The normalized spacial score (nSPS) is 28.2. The fourth-order valence-corrected chi connectivity index (χ4v) is 5.19. The van der Waals surface area contributed by atoms with Crippen LogP contribution in [0.3, 0.4) is 0 Å². The minimum Gasteiger partial charge on any atom is -0.378 e. The van der Waals surface area contributed by atoms with Crippen molar-refractivity contribution in [2.24, 2.45) is 10.4 Å². The van der Waals surface area contributed by atoms with Crippen LogP contribution in [0.15, 0.2) is 4.99 Å². The molecule has 2 N–H and O–H groups in total. The number of halogens is 3. The SMILES string of the molecule is CCN=C(NC1CCN(CC(F)F)CC1)NC1CC(OCC)C12CCCC2.I. The van der Waals surface area contributed by atoms with Crippen LogP contribution >= 0.6 is 24.0 Å². The zero-order chi connectivity index (χ0) is 19.3. The highest BCUT2D eigenvalue weighted by Gasteiger charge is 2.57. The summed E-state index contributed by atoms with van der Waals surface area (Å²) in [6, 6.07) is 0.729. The second-order valence-electron chi connectivity index (χ2n) is 8.25. The zero-order valence-electron chi connectivity index (χ0n) is 17.3. The Bertz CT molecular complexity index is 495. The highest BCUT2D eigenvalue weighted by atomic mass is 127. The Kier molecular flexibility index (Phi) is 9.66. The lowest BCUT2D eigenvalue weighted by molar-refractivity contribution is -0.125. The minimum atomic E-state index is -2.24. The number of ether oxygens (including phenoxy) is 1. The van der Waals surface area contributed by atoms with Gasteiger partial charge in [0.05, 0.1) is 12.6 Å². The predicted octanol–water partition coefficient (Wildman–Crippen LogP) is 3.63. The van der Waals surface area contributed by atoms with E-state index in [2.05, 4.69) is 22.5 Å². The van der Waals surface area contributed by atoms with Gasteiger partial charge in [0.15, 0.2) is 5.96 Å². The van der Waals surface area contributed by atoms with Crippen LogP contribution in [-0.2, 0) is 4.74 Å². The Morgan fingerprint density at radius 1 is 1.18 bits per heavy atom. The maximum atomic E-state index is 12.6. The molecular formula is C20H37F2IN4O. The van der Waals surface area contributed by atoms with Crippen LogP contribution in [0, 0.1) is 5.41 Å². The first-order valence-corrected chi connectivity index (χ1v) is 10.8. The molecule has 3 fully saturated rings. The van der Waals surface area contributed by atoms with Crippen molar-refractivity contribution >= 4 is 29.9 Å². The van der Waals surface area contributed by atoms with E-state index in [1.807, 2.05) is 11.8 Å². The van der Waals surface area contributed by atoms with E-state index in [0.717, 1.165) is 51.5 Å². The second kappa shape index (κ2) is 11.2. The minimum absolute atomic E-state index is 0. The Labute approximate surface area is 185 Å². The van der Waals surface area contributed by atoms with Gasteiger partial charge in [0.25, 0.3) is 6.43 Å². The molecule has 164 valence electrons. The Morgan fingerprint density at radius 3 is 2.43 bits per heavy atom. The summed E-state index contributed by atoms with van der Waals surface area (Å²) in [5, 5.41) is 7.26. The van der Waals surface area contributed by atoms with E-state index in [-0.39, 0.29) is 35.9 Å². The number of hydrogen-bond acceptors (Lipinski definition) is 3. The van der Waals surface area contributed by atoms with Crippen molar-refractivity contribution in [2.45, 2.75) is 83.4 Å². The lowest BCUT2D eigenvalue weighted by Gasteiger charge is -2.54. The van der Waals surface area contributed by atoms with Crippen LogP contribution < -0.4 is 10.6 Å². The molecule has 2 saturated carbocycles. The summed E-state index contributed by atoms with van der Waals surface area (Å²) < 4.78 is 31.1. The van der Waals surface area contributed by atoms with E-state index in [4.69, 9.17) is 4.74 Å². The van der Waals surface area contributed by atoms with Gasteiger partial charge in [-0.3, -0.25) is 9.89 Å². The molecule has 1 spiro atoms. The molecule has 3 aliphatic rings. The summed E-state index contributed by atoms with van der Waals surface area (Å²) in [5.41, 5.74) is 0.271. The molecule has 0 amide bonds. The number of likely N-dealkylation sites (tertiary alicyclic amines) is 1. The highest BCUT2D eigenvalue weighted by molar-refractivity contribution is 14.0. The van der Waals surface area contributed by atoms with Gasteiger partial charge in [-0.2, -0.15) is 0 Å². The van der Waals surface area contributed by atoms with Crippen molar-refractivity contribution in [1.29, 1.82) is 0 Å². The summed E-state index contributed by atoms with van der Waals surface area (Å²) in [6.45, 7) is 6.98. The van der Waals surface area contributed by atoms with Gasteiger partial charge in [0, 0.05) is 43.7 Å². The standard InChI is InChI=1S/C20H36F2N4O.HI/c1-3-23-19(24-15-7-11-26(12-8-15)14-18(21)22)25-16-13-17(27-4-2)20(16)9-5-6-10-20;/h15-18H,3-14H2,1-2H3,(H2,23,24,25);1H. The summed E-state index contributed by atoms with van der Waals surface area (Å²) >= 11 is 0. The molecule has 1 heterocycles. The number of aliphatic imine (C=N–C) groups is 1. The van der Waals surface area contributed by atoms with Gasteiger partial charge in [0.2, 0.25) is 0 Å². The van der Waals surface area contributed by atoms with Crippen LogP contribution in [0.5, 0.6) is 0 Å². The van der Waals surface area contributed by atoms with Crippen molar-refractivity contribution < 1.29 is 13.5 Å². The van der Waals surface area contributed by atoms with E-state index < -0.39 is 6.43 Å². The number of piperidine rings is 1. The van der Waals surface area contributed by atoms with Crippen LogP contribution in [0.2, 0.25) is 0 Å². The summed E-state index contributed by atoms with van der Waals surface area (Å²) in [7, 11) is 0. The summed E-state index contributed by atoms with van der Waals surface area (Å²) in [4.78, 5) is 6.51. The predicted molar refractivity (Wildman–Crippen MR) is 120 cm³/mol. The molecule has 0 bridgehead atoms. The summed E-state index contributed by atoms with van der Waals surface area (Å²) in [6.07, 6.45) is 6.00. The molecule has 0 aromatic rings. The fraction of sp³-hybridized carbons (Fsp3) is 0.950. The van der Waals surface area contributed by atoms with Gasteiger partial charge in [-0.05, 0) is 46.0 Å². The van der Waals surface area contributed by atoms with Gasteiger partial charge in [-0.1, -0.05) is 12.8 Å². The van der Waals surface area contributed by atoms with E-state index in [0.29, 0.717) is 18.2 Å². The van der Waals surface area contributed by atoms with Crippen LogP contribution in [0.1, 0.15) is 58.8 Å². The molecule has 2 aliphatic carbocycles. The highest BCUT2D eigenvalue weighted by Crippen LogP contribution is 2.54. The lowest BCUT2D eigenvalue weighted by atomic mass is 9.60. The smallest absolute Gasteiger partial charge is 0.251 e. The molecule has 8 heteroatoms. The van der Waals surface area contributed by atoms with Gasteiger partial charge in [-0.15, -0.1) is 24.0 Å². The molecule has 3 rings (SSSR count). The molecule has 2 atom stereocenters. The third kappa shape index (κ3) is 5.68. The number of rotatable bonds is 7. The Hall–Kier alpha value is -0.220. The molecule has 0 radical (unpaired) electrons. The van der Waals surface area contributed by atoms with E-state index in [1.165, 1.54) is 25.7 Å². The third-order valence-electron chi connectivity index (χ3n) is 6.64. The van der Waals surface area contributed by atoms with Gasteiger partial charge in [-0.25, -0.2) is 8.78 Å². The molecule has 1 saturated heterocycles. The second-order valence-corrected chi connectivity index (χ2v) is 8.25. The van der Waals surface area contributed by atoms with E-state index in [9.17, 15) is 8.78 Å².